The molecule has 0 aliphatic carbocycles. The standard InChI is InChI=1S/C13H25N3OS/c1-6-9(2)11(17)7-14-8-12-10(3)15-13(18-12)16(4)5/h9,11,14,17H,6-8H2,1-5H3. The highest BCUT2D eigenvalue weighted by Gasteiger charge is 2.13. The molecule has 1 aromatic heterocycles. The van der Waals surface area contributed by atoms with Gasteiger partial charge in [0.05, 0.1) is 11.8 Å². The molecule has 4 nitrogen and oxygen atoms in total. The van der Waals surface area contributed by atoms with E-state index in [1.165, 1.54) is 4.88 Å². The van der Waals surface area contributed by atoms with Gasteiger partial charge in [-0.3, -0.25) is 0 Å². The van der Waals surface area contributed by atoms with Gasteiger partial charge in [-0.15, -0.1) is 11.3 Å². The molecule has 1 heterocycles. The molecule has 0 aliphatic heterocycles. The zero-order chi connectivity index (χ0) is 13.7. The average molecular weight is 271 g/mol. The molecule has 2 N–H and O–H groups in total. The number of aryl methyl sites for hydroxylation is 1. The van der Waals surface area contributed by atoms with Gasteiger partial charge in [-0.1, -0.05) is 20.3 Å². The molecule has 1 rings (SSSR count). The van der Waals surface area contributed by atoms with Gasteiger partial charge in [0.25, 0.3) is 0 Å². The third-order valence-electron chi connectivity index (χ3n) is 3.20. The molecule has 2 atom stereocenters. The van der Waals surface area contributed by atoms with Crippen LogP contribution in [0.1, 0.15) is 30.8 Å². The first-order valence-electron chi connectivity index (χ1n) is 6.48. The summed E-state index contributed by atoms with van der Waals surface area (Å²) in [5.41, 5.74) is 1.08. The van der Waals surface area contributed by atoms with Crippen molar-refractivity contribution in [3.8, 4) is 0 Å². The van der Waals surface area contributed by atoms with Gasteiger partial charge in [-0.05, 0) is 12.8 Å². The van der Waals surface area contributed by atoms with Crippen LogP contribution in [-0.4, -0.2) is 36.8 Å². The van der Waals surface area contributed by atoms with Crippen molar-refractivity contribution in [2.45, 2.75) is 39.8 Å². The van der Waals surface area contributed by atoms with Gasteiger partial charge < -0.3 is 15.3 Å². The first kappa shape index (κ1) is 15.4. The van der Waals surface area contributed by atoms with Crippen LogP contribution in [0.4, 0.5) is 5.13 Å². The third-order valence-corrected chi connectivity index (χ3v) is 4.53. The lowest BCUT2D eigenvalue weighted by atomic mass is 10.0. The fraction of sp³-hybridized carbons (Fsp3) is 0.769. The predicted molar refractivity (Wildman–Crippen MR) is 78.3 cm³/mol. The van der Waals surface area contributed by atoms with E-state index in [2.05, 4.69) is 24.1 Å². The van der Waals surface area contributed by atoms with Crippen LogP contribution in [0, 0.1) is 12.8 Å². The van der Waals surface area contributed by atoms with Crippen molar-refractivity contribution in [3.63, 3.8) is 0 Å². The molecule has 2 unspecified atom stereocenters. The molecule has 0 fully saturated rings. The molecule has 0 saturated heterocycles. The minimum Gasteiger partial charge on any atom is -0.392 e. The minimum atomic E-state index is -0.267. The zero-order valence-electron chi connectivity index (χ0n) is 12.0. The van der Waals surface area contributed by atoms with Crippen molar-refractivity contribution >= 4 is 16.5 Å². The highest BCUT2D eigenvalue weighted by atomic mass is 32.1. The Morgan fingerprint density at radius 3 is 2.61 bits per heavy atom. The van der Waals surface area contributed by atoms with E-state index >= 15 is 0 Å². The Balaban J connectivity index is 2.44. The number of hydrogen-bond acceptors (Lipinski definition) is 5. The van der Waals surface area contributed by atoms with Gasteiger partial charge in [0, 0.05) is 32.1 Å². The summed E-state index contributed by atoms with van der Waals surface area (Å²) in [7, 11) is 4.00. The number of thiazole rings is 1. The van der Waals surface area contributed by atoms with Crippen molar-refractivity contribution in [2.75, 3.05) is 25.5 Å². The highest BCUT2D eigenvalue weighted by molar-refractivity contribution is 7.15. The fourth-order valence-corrected chi connectivity index (χ4v) is 2.53. The predicted octanol–water partition coefficient (Wildman–Crippen LogP) is 2.01. The maximum atomic E-state index is 9.88. The summed E-state index contributed by atoms with van der Waals surface area (Å²) in [4.78, 5) is 7.77. The van der Waals surface area contributed by atoms with Gasteiger partial charge >= 0.3 is 0 Å². The summed E-state index contributed by atoms with van der Waals surface area (Å²) < 4.78 is 0. The summed E-state index contributed by atoms with van der Waals surface area (Å²) in [6.45, 7) is 7.64. The second-order valence-corrected chi connectivity index (χ2v) is 6.05. The Bertz CT molecular complexity index is 365. The van der Waals surface area contributed by atoms with Crippen molar-refractivity contribution in [1.82, 2.24) is 10.3 Å². The summed E-state index contributed by atoms with van der Waals surface area (Å²) in [5, 5.41) is 14.2. The second-order valence-electron chi connectivity index (χ2n) is 4.98. The van der Waals surface area contributed by atoms with E-state index in [0.717, 1.165) is 23.8 Å². The molecular formula is C13H25N3OS. The molecular weight excluding hydrogens is 246 g/mol. The van der Waals surface area contributed by atoms with Crippen LogP contribution in [0.15, 0.2) is 0 Å². The Morgan fingerprint density at radius 1 is 1.44 bits per heavy atom. The van der Waals surface area contributed by atoms with Crippen LogP contribution in [-0.2, 0) is 6.54 Å². The topological polar surface area (TPSA) is 48.4 Å². The number of rotatable bonds is 7. The molecule has 0 saturated carbocycles. The monoisotopic (exact) mass is 271 g/mol. The number of nitrogens with zero attached hydrogens (tertiary/aromatic N) is 2. The molecule has 5 heteroatoms. The first-order valence-corrected chi connectivity index (χ1v) is 7.29. The van der Waals surface area contributed by atoms with Crippen LogP contribution in [0.25, 0.3) is 0 Å². The Kier molecular flexibility index (Phi) is 6.05. The van der Waals surface area contributed by atoms with Crippen LogP contribution in [0.5, 0.6) is 0 Å². The first-order chi connectivity index (χ1) is 8.45. The molecule has 1 aromatic rings. The van der Waals surface area contributed by atoms with Gasteiger partial charge in [-0.25, -0.2) is 4.98 Å². The summed E-state index contributed by atoms with van der Waals surface area (Å²) in [6.07, 6.45) is 0.740. The minimum absolute atomic E-state index is 0.267. The number of nitrogens with one attached hydrogen (secondary N) is 1. The maximum Gasteiger partial charge on any atom is 0.185 e. The van der Waals surface area contributed by atoms with Crippen molar-refractivity contribution in [1.29, 1.82) is 0 Å². The van der Waals surface area contributed by atoms with E-state index in [1.54, 1.807) is 11.3 Å². The van der Waals surface area contributed by atoms with Crippen LogP contribution in [0.3, 0.4) is 0 Å². The van der Waals surface area contributed by atoms with E-state index in [0.29, 0.717) is 12.5 Å². The van der Waals surface area contributed by atoms with E-state index in [-0.39, 0.29) is 6.10 Å². The van der Waals surface area contributed by atoms with Crippen molar-refractivity contribution < 1.29 is 5.11 Å². The normalized spacial score (nSPS) is 14.6. The largest absolute Gasteiger partial charge is 0.392 e. The zero-order valence-corrected chi connectivity index (χ0v) is 12.8. The van der Waals surface area contributed by atoms with E-state index in [4.69, 9.17) is 0 Å². The Labute approximate surface area is 114 Å². The van der Waals surface area contributed by atoms with Crippen molar-refractivity contribution in [3.05, 3.63) is 10.6 Å². The molecule has 0 aliphatic rings. The SMILES string of the molecule is CCC(C)C(O)CNCc1sc(N(C)C)nc1C. The Hall–Kier alpha value is -0.650. The van der Waals surface area contributed by atoms with E-state index in [9.17, 15) is 5.11 Å². The molecule has 18 heavy (non-hydrogen) atoms. The lowest BCUT2D eigenvalue weighted by Crippen LogP contribution is -2.31. The van der Waals surface area contributed by atoms with Crippen LogP contribution >= 0.6 is 11.3 Å². The number of anilines is 1. The van der Waals surface area contributed by atoms with Gasteiger partial charge in [0.1, 0.15) is 0 Å². The van der Waals surface area contributed by atoms with Gasteiger partial charge in [0.2, 0.25) is 0 Å². The second kappa shape index (κ2) is 7.07. The number of aromatic nitrogens is 1. The number of aliphatic hydroxyl groups is 1. The van der Waals surface area contributed by atoms with Gasteiger partial charge in [0.15, 0.2) is 5.13 Å². The van der Waals surface area contributed by atoms with Crippen LogP contribution in [0.2, 0.25) is 0 Å². The average Bonchev–Trinajstić information content (AvgIpc) is 2.70. The Morgan fingerprint density at radius 2 is 2.11 bits per heavy atom. The molecule has 0 bridgehead atoms. The summed E-state index contributed by atoms with van der Waals surface area (Å²) >= 11 is 1.70. The molecule has 0 radical (unpaired) electrons. The molecule has 0 aromatic carbocycles. The fourth-order valence-electron chi connectivity index (χ4n) is 1.57. The summed E-state index contributed by atoms with van der Waals surface area (Å²) in [6, 6.07) is 0. The van der Waals surface area contributed by atoms with E-state index in [1.807, 2.05) is 25.9 Å². The molecule has 0 amide bonds. The lowest BCUT2D eigenvalue weighted by Gasteiger charge is -2.17. The van der Waals surface area contributed by atoms with Gasteiger partial charge in [-0.2, -0.15) is 0 Å². The number of hydrogen-bond donors (Lipinski definition) is 2. The summed E-state index contributed by atoms with van der Waals surface area (Å²) in [5.74, 6) is 0.345. The maximum absolute atomic E-state index is 9.88. The highest BCUT2D eigenvalue weighted by Crippen LogP contribution is 2.24. The molecule has 0 spiro atoms. The smallest absolute Gasteiger partial charge is 0.185 e. The number of aliphatic hydroxyl groups excluding tert-OH is 1. The lowest BCUT2D eigenvalue weighted by molar-refractivity contribution is 0.113. The third kappa shape index (κ3) is 4.23. The van der Waals surface area contributed by atoms with E-state index < -0.39 is 0 Å². The molecule has 104 valence electrons. The quantitative estimate of drug-likeness (QED) is 0.796. The van der Waals surface area contributed by atoms with Crippen molar-refractivity contribution in [2.24, 2.45) is 5.92 Å². The van der Waals surface area contributed by atoms with Crippen LogP contribution < -0.4 is 10.2 Å².